The first kappa shape index (κ1) is 20.8. The number of furan rings is 1. The fourth-order valence-corrected chi connectivity index (χ4v) is 3.67. The molecular weight excluding hydrogens is 414 g/mol. The van der Waals surface area contributed by atoms with Crippen molar-refractivity contribution in [3.63, 3.8) is 0 Å². The van der Waals surface area contributed by atoms with Gasteiger partial charge in [0.05, 0.1) is 35.6 Å². The Morgan fingerprint density at radius 3 is 2.58 bits per heavy atom. The molecule has 4 rings (SSSR count). The molecule has 0 fully saturated rings. The molecule has 4 aromatic rings. The number of carbonyl (C=O) groups is 1. The molecule has 0 spiro atoms. The average Bonchev–Trinajstić information content (AvgIpc) is 3.26. The zero-order valence-corrected chi connectivity index (χ0v) is 18.0. The number of para-hydroxylation sites is 1. The summed E-state index contributed by atoms with van der Waals surface area (Å²) in [6.07, 6.45) is 1.55. The Morgan fingerprint density at radius 1 is 1.06 bits per heavy atom. The second kappa shape index (κ2) is 8.70. The number of benzene rings is 2. The SMILES string of the molecule is Cc1ccc(C)c2[nH]c(=O)c(CN(Cc3ccco3)C(=O)Nc3ccccc3Cl)cc12. The number of fused-ring (bicyclic) bond motifs is 1. The van der Waals surface area contributed by atoms with Gasteiger partial charge in [-0.1, -0.05) is 35.9 Å². The summed E-state index contributed by atoms with van der Waals surface area (Å²) in [5.74, 6) is 0.610. The average molecular weight is 436 g/mol. The van der Waals surface area contributed by atoms with Crippen LogP contribution in [0.2, 0.25) is 5.02 Å². The van der Waals surface area contributed by atoms with E-state index in [1.807, 2.05) is 32.0 Å². The molecule has 2 amide bonds. The molecule has 0 aliphatic heterocycles. The first-order valence-electron chi connectivity index (χ1n) is 9.87. The normalized spacial score (nSPS) is 10.9. The lowest BCUT2D eigenvalue weighted by molar-refractivity contribution is 0.201. The Bertz CT molecular complexity index is 1300. The summed E-state index contributed by atoms with van der Waals surface area (Å²) in [5, 5.41) is 4.21. The van der Waals surface area contributed by atoms with Crippen molar-refractivity contribution in [3.8, 4) is 0 Å². The Balaban J connectivity index is 1.68. The zero-order chi connectivity index (χ0) is 22.0. The van der Waals surface area contributed by atoms with Crippen LogP contribution in [0, 0.1) is 13.8 Å². The van der Waals surface area contributed by atoms with Gasteiger partial charge in [-0.2, -0.15) is 0 Å². The molecule has 31 heavy (non-hydrogen) atoms. The third-order valence-electron chi connectivity index (χ3n) is 5.21. The number of urea groups is 1. The van der Waals surface area contributed by atoms with E-state index in [9.17, 15) is 9.59 Å². The summed E-state index contributed by atoms with van der Waals surface area (Å²) in [5.41, 5.74) is 3.62. The molecule has 0 saturated carbocycles. The number of hydrogen-bond acceptors (Lipinski definition) is 3. The number of aromatic amines is 1. The minimum atomic E-state index is -0.384. The molecule has 6 nitrogen and oxygen atoms in total. The van der Waals surface area contributed by atoms with E-state index in [1.165, 1.54) is 4.90 Å². The molecule has 7 heteroatoms. The number of amides is 2. The Morgan fingerprint density at radius 2 is 1.84 bits per heavy atom. The predicted octanol–water partition coefficient (Wildman–Crippen LogP) is 5.63. The van der Waals surface area contributed by atoms with Gasteiger partial charge in [-0.25, -0.2) is 4.79 Å². The molecule has 0 unspecified atom stereocenters. The van der Waals surface area contributed by atoms with E-state index < -0.39 is 0 Å². The Hall–Kier alpha value is -3.51. The molecular formula is C24H22ClN3O3. The molecule has 2 N–H and O–H groups in total. The van der Waals surface area contributed by atoms with Gasteiger partial charge in [-0.15, -0.1) is 0 Å². The maximum atomic E-state index is 13.1. The first-order chi connectivity index (χ1) is 14.9. The monoisotopic (exact) mass is 435 g/mol. The fraction of sp³-hybridized carbons (Fsp3) is 0.167. The summed E-state index contributed by atoms with van der Waals surface area (Å²) in [6, 6.07) is 16.0. The summed E-state index contributed by atoms with van der Waals surface area (Å²) in [7, 11) is 0. The number of aryl methyl sites for hydroxylation is 2. The van der Waals surface area contributed by atoms with Gasteiger partial charge in [0.25, 0.3) is 5.56 Å². The molecule has 0 aliphatic rings. The molecule has 0 aliphatic carbocycles. The smallest absolute Gasteiger partial charge is 0.322 e. The molecule has 0 saturated heterocycles. The molecule has 2 aromatic heterocycles. The van der Waals surface area contributed by atoms with Crippen LogP contribution in [0.3, 0.4) is 0 Å². The number of hydrogen-bond donors (Lipinski definition) is 2. The van der Waals surface area contributed by atoms with Gasteiger partial charge in [0.15, 0.2) is 0 Å². The number of carbonyl (C=O) groups excluding carboxylic acids is 1. The van der Waals surface area contributed by atoms with Crippen LogP contribution in [0.4, 0.5) is 10.5 Å². The van der Waals surface area contributed by atoms with Crippen LogP contribution in [-0.4, -0.2) is 15.9 Å². The lowest BCUT2D eigenvalue weighted by Gasteiger charge is -2.22. The van der Waals surface area contributed by atoms with Crippen LogP contribution in [0.15, 0.2) is 70.1 Å². The van der Waals surface area contributed by atoms with E-state index in [4.69, 9.17) is 16.0 Å². The lowest BCUT2D eigenvalue weighted by Crippen LogP contribution is -2.35. The van der Waals surface area contributed by atoms with Crippen LogP contribution in [0.1, 0.15) is 22.5 Å². The van der Waals surface area contributed by atoms with Crippen LogP contribution in [0.25, 0.3) is 10.9 Å². The van der Waals surface area contributed by atoms with E-state index in [2.05, 4.69) is 10.3 Å². The van der Waals surface area contributed by atoms with E-state index in [0.29, 0.717) is 22.0 Å². The number of pyridine rings is 1. The molecule has 0 radical (unpaired) electrons. The van der Waals surface area contributed by atoms with Gasteiger partial charge in [-0.05, 0) is 55.3 Å². The maximum Gasteiger partial charge on any atom is 0.322 e. The van der Waals surface area contributed by atoms with E-state index in [-0.39, 0.29) is 24.7 Å². The van der Waals surface area contributed by atoms with Crippen LogP contribution >= 0.6 is 11.6 Å². The number of nitrogens with zero attached hydrogens (tertiary/aromatic N) is 1. The number of nitrogens with one attached hydrogen (secondary N) is 2. The van der Waals surface area contributed by atoms with Crippen molar-refractivity contribution < 1.29 is 9.21 Å². The number of aromatic nitrogens is 1. The second-order valence-corrected chi connectivity index (χ2v) is 7.86. The molecule has 158 valence electrons. The van der Waals surface area contributed by atoms with E-state index >= 15 is 0 Å². The Labute approximate surface area is 184 Å². The summed E-state index contributed by atoms with van der Waals surface area (Å²) in [6.45, 7) is 4.26. The highest BCUT2D eigenvalue weighted by molar-refractivity contribution is 6.33. The highest BCUT2D eigenvalue weighted by Gasteiger charge is 2.19. The number of H-pyrrole nitrogens is 1. The van der Waals surface area contributed by atoms with Crippen molar-refractivity contribution in [2.24, 2.45) is 0 Å². The second-order valence-electron chi connectivity index (χ2n) is 7.46. The van der Waals surface area contributed by atoms with Crippen molar-refractivity contribution >= 4 is 34.2 Å². The quantitative estimate of drug-likeness (QED) is 0.426. The topological polar surface area (TPSA) is 78.3 Å². The van der Waals surface area contributed by atoms with Gasteiger partial charge in [0.1, 0.15) is 5.76 Å². The minimum absolute atomic E-state index is 0.107. The molecule has 0 atom stereocenters. The summed E-state index contributed by atoms with van der Waals surface area (Å²) < 4.78 is 5.43. The van der Waals surface area contributed by atoms with Gasteiger partial charge in [-0.3, -0.25) is 4.79 Å². The van der Waals surface area contributed by atoms with Gasteiger partial charge >= 0.3 is 6.03 Å². The largest absolute Gasteiger partial charge is 0.467 e. The summed E-state index contributed by atoms with van der Waals surface area (Å²) in [4.78, 5) is 30.4. The third-order valence-corrected chi connectivity index (χ3v) is 5.54. The Kier molecular flexibility index (Phi) is 5.82. The van der Waals surface area contributed by atoms with Crippen molar-refractivity contribution in [3.05, 3.63) is 98.7 Å². The van der Waals surface area contributed by atoms with E-state index in [0.717, 1.165) is 22.0 Å². The van der Waals surface area contributed by atoms with Crippen molar-refractivity contribution in [1.29, 1.82) is 0 Å². The standard InChI is InChI=1S/C24H22ClN3O3/c1-15-9-10-16(2)22-19(15)12-17(23(29)27-22)13-28(14-18-6-5-11-31-18)24(30)26-21-8-4-3-7-20(21)25/h3-12H,13-14H2,1-2H3,(H,26,30)(H,27,29). The van der Waals surface area contributed by atoms with Gasteiger partial charge in [0, 0.05) is 10.9 Å². The van der Waals surface area contributed by atoms with Crippen molar-refractivity contribution in [1.82, 2.24) is 9.88 Å². The number of rotatable bonds is 5. The zero-order valence-electron chi connectivity index (χ0n) is 17.2. The number of halogens is 1. The first-order valence-corrected chi connectivity index (χ1v) is 10.2. The third kappa shape index (κ3) is 4.49. The summed E-state index contributed by atoms with van der Waals surface area (Å²) >= 11 is 6.19. The fourth-order valence-electron chi connectivity index (χ4n) is 3.49. The highest BCUT2D eigenvalue weighted by atomic mass is 35.5. The highest BCUT2D eigenvalue weighted by Crippen LogP contribution is 2.23. The minimum Gasteiger partial charge on any atom is -0.467 e. The van der Waals surface area contributed by atoms with Gasteiger partial charge in [0.2, 0.25) is 0 Å². The predicted molar refractivity (Wildman–Crippen MR) is 122 cm³/mol. The van der Waals surface area contributed by atoms with Crippen molar-refractivity contribution in [2.45, 2.75) is 26.9 Å². The van der Waals surface area contributed by atoms with Crippen LogP contribution < -0.4 is 10.9 Å². The molecule has 2 heterocycles. The number of anilines is 1. The van der Waals surface area contributed by atoms with Crippen LogP contribution in [0.5, 0.6) is 0 Å². The van der Waals surface area contributed by atoms with Crippen LogP contribution in [-0.2, 0) is 13.1 Å². The molecule has 0 bridgehead atoms. The lowest BCUT2D eigenvalue weighted by atomic mass is 10.0. The molecule has 2 aromatic carbocycles. The van der Waals surface area contributed by atoms with Gasteiger partial charge < -0.3 is 19.6 Å². The van der Waals surface area contributed by atoms with Crippen molar-refractivity contribution in [2.75, 3.05) is 5.32 Å². The maximum absolute atomic E-state index is 13.1. The van der Waals surface area contributed by atoms with E-state index in [1.54, 1.807) is 42.7 Å².